The van der Waals surface area contributed by atoms with E-state index in [-0.39, 0.29) is 5.57 Å². The van der Waals surface area contributed by atoms with E-state index >= 15 is 0 Å². The topological polar surface area (TPSA) is 65.4 Å². The summed E-state index contributed by atoms with van der Waals surface area (Å²) in [5, 5.41) is 12.3. The lowest BCUT2D eigenvalue weighted by Crippen LogP contribution is -2.36. The molecule has 0 radical (unpaired) electrons. The maximum absolute atomic E-state index is 12.6. The number of carbonyl (C=O) groups is 1. The van der Waals surface area contributed by atoms with Gasteiger partial charge in [-0.25, -0.2) is 0 Å². The number of carbonyl (C=O) groups excluding carboxylic acids is 1. The summed E-state index contributed by atoms with van der Waals surface area (Å²) in [6.07, 6.45) is 1.60. The van der Waals surface area contributed by atoms with E-state index in [4.69, 9.17) is 4.74 Å². The van der Waals surface area contributed by atoms with Crippen LogP contribution in [0.15, 0.2) is 84.4 Å². The Hall–Kier alpha value is -3.88. The van der Waals surface area contributed by atoms with Crippen LogP contribution in [0.1, 0.15) is 5.56 Å². The minimum atomic E-state index is -0.422. The van der Waals surface area contributed by atoms with Crippen molar-refractivity contribution in [1.29, 1.82) is 5.26 Å². The molecule has 5 nitrogen and oxygen atoms in total. The average molecular weight is 409 g/mol. The van der Waals surface area contributed by atoms with Gasteiger partial charge in [-0.15, -0.1) is 0 Å². The zero-order valence-electron chi connectivity index (χ0n) is 17.1. The standard InChI is InChI=1S/C26H23N3O2/c27-19-23(18-20-6-8-22(9-7-20)21-4-2-1-3-5-21)26(30)28-24-10-12-25(13-11-24)29-14-16-31-17-15-29/h1-13,18H,14-17H2,(H,28,30). The number of nitrogens with one attached hydrogen (secondary N) is 1. The van der Waals surface area contributed by atoms with Gasteiger partial charge < -0.3 is 15.0 Å². The molecule has 3 aromatic carbocycles. The summed E-state index contributed by atoms with van der Waals surface area (Å²) in [6, 6.07) is 27.5. The van der Waals surface area contributed by atoms with Crippen LogP contribution in [0.3, 0.4) is 0 Å². The Morgan fingerprint density at radius 1 is 0.903 bits per heavy atom. The Bertz CT molecular complexity index is 1090. The van der Waals surface area contributed by atoms with Crippen molar-refractivity contribution in [3.63, 3.8) is 0 Å². The van der Waals surface area contributed by atoms with Crippen molar-refractivity contribution in [3.8, 4) is 17.2 Å². The summed E-state index contributed by atoms with van der Waals surface area (Å²) in [6.45, 7) is 3.16. The van der Waals surface area contributed by atoms with E-state index in [1.54, 1.807) is 6.08 Å². The van der Waals surface area contributed by atoms with Gasteiger partial charge in [0.1, 0.15) is 11.6 Å². The van der Waals surface area contributed by atoms with Gasteiger partial charge in [0.05, 0.1) is 13.2 Å². The molecule has 0 atom stereocenters. The first-order valence-corrected chi connectivity index (χ1v) is 10.2. The van der Waals surface area contributed by atoms with Gasteiger partial charge in [-0.3, -0.25) is 4.79 Å². The largest absolute Gasteiger partial charge is 0.378 e. The molecule has 0 aliphatic carbocycles. The monoisotopic (exact) mass is 409 g/mol. The number of nitrogens with zero attached hydrogens (tertiary/aromatic N) is 2. The fourth-order valence-electron chi connectivity index (χ4n) is 3.49. The van der Waals surface area contributed by atoms with Crippen molar-refractivity contribution in [2.75, 3.05) is 36.5 Å². The lowest BCUT2D eigenvalue weighted by Gasteiger charge is -2.28. The molecule has 1 aliphatic heterocycles. The van der Waals surface area contributed by atoms with Gasteiger partial charge in [-0.05, 0) is 47.0 Å². The molecule has 0 aromatic heterocycles. The van der Waals surface area contributed by atoms with E-state index < -0.39 is 5.91 Å². The van der Waals surface area contributed by atoms with E-state index in [1.807, 2.05) is 84.9 Å². The summed E-state index contributed by atoms with van der Waals surface area (Å²) in [4.78, 5) is 14.8. The number of hydrogen-bond donors (Lipinski definition) is 1. The van der Waals surface area contributed by atoms with Crippen LogP contribution in [-0.4, -0.2) is 32.2 Å². The van der Waals surface area contributed by atoms with E-state index in [2.05, 4.69) is 10.2 Å². The van der Waals surface area contributed by atoms with E-state index in [1.165, 1.54) is 0 Å². The van der Waals surface area contributed by atoms with Gasteiger partial charge in [0.2, 0.25) is 0 Å². The van der Waals surface area contributed by atoms with Crippen LogP contribution in [0.25, 0.3) is 17.2 Å². The molecule has 154 valence electrons. The van der Waals surface area contributed by atoms with Crippen LogP contribution < -0.4 is 10.2 Å². The van der Waals surface area contributed by atoms with E-state index in [9.17, 15) is 10.1 Å². The number of nitriles is 1. The molecule has 1 heterocycles. The van der Waals surface area contributed by atoms with Crippen molar-refractivity contribution in [2.24, 2.45) is 0 Å². The third-order valence-electron chi connectivity index (χ3n) is 5.20. The summed E-state index contributed by atoms with van der Waals surface area (Å²) in [7, 11) is 0. The van der Waals surface area contributed by atoms with Crippen LogP contribution >= 0.6 is 0 Å². The Labute approximate surface area is 182 Å². The molecule has 4 rings (SSSR count). The Morgan fingerprint density at radius 3 is 2.19 bits per heavy atom. The maximum Gasteiger partial charge on any atom is 0.266 e. The Morgan fingerprint density at radius 2 is 1.55 bits per heavy atom. The molecule has 0 unspecified atom stereocenters. The first-order valence-electron chi connectivity index (χ1n) is 10.2. The van der Waals surface area contributed by atoms with Crippen LogP contribution in [0.2, 0.25) is 0 Å². The van der Waals surface area contributed by atoms with Crippen molar-refractivity contribution < 1.29 is 9.53 Å². The maximum atomic E-state index is 12.6. The highest BCUT2D eigenvalue weighted by Crippen LogP contribution is 2.21. The van der Waals surface area contributed by atoms with Crippen LogP contribution in [0.4, 0.5) is 11.4 Å². The zero-order chi connectivity index (χ0) is 21.5. The lowest BCUT2D eigenvalue weighted by molar-refractivity contribution is -0.112. The van der Waals surface area contributed by atoms with E-state index in [0.717, 1.165) is 48.7 Å². The molecule has 0 spiro atoms. The van der Waals surface area contributed by atoms with Crippen LogP contribution in [-0.2, 0) is 9.53 Å². The number of rotatable bonds is 5. The van der Waals surface area contributed by atoms with Crippen molar-refractivity contribution in [3.05, 3.63) is 90.0 Å². The molecule has 1 saturated heterocycles. The SMILES string of the molecule is N#CC(=Cc1ccc(-c2ccccc2)cc1)C(=O)Nc1ccc(N2CCOCC2)cc1. The predicted octanol–water partition coefficient (Wildman–Crippen LogP) is 4.74. The summed E-state index contributed by atoms with van der Waals surface area (Å²) < 4.78 is 5.38. The van der Waals surface area contributed by atoms with Gasteiger partial charge >= 0.3 is 0 Å². The fraction of sp³-hybridized carbons (Fsp3) is 0.154. The van der Waals surface area contributed by atoms with Crippen LogP contribution in [0.5, 0.6) is 0 Å². The highest BCUT2D eigenvalue weighted by Gasteiger charge is 2.13. The van der Waals surface area contributed by atoms with Crippen molar-refractivity contribution >= 4 is 23.4 Å². The summed E-state index contributed by atoms with van der Waals surface area (Å²) in [5.41, 5.74) is 4.81. The number of hydrogen-bond acceptors (Lipinski definition) is 4. The second kappa shape index (κ2) is 9.75. The fourth-order valence-corrected chi connectivity index (χ4v) is 3.49. The molecule has 1 N–H and O–H groups in total. The Kier molecular flexibility index (Phi) is 6.41. The molecule has 1 fully saturated rings. The number of amides is 1. The minimum Gasteiger partial charge on any atom is -0.378 e. The minimum absolute atomic E-state index is 0.0599. The zero-order valence-corrected chi connectivity index (χ0v) is 17.1. The van der Waals surface area contributed by atoms with Gasteiger partial charge in [0.15, 0.2) is 0 Å². The van der Waals surface area contributed by atoms with Gasteiger partial charge in [-0.2, -0.15) is 5.26 Å². The molecule has 5 heteroatoms. The molecule has 3 aromatic rings. The quantitative estimate of drug-likeness (QED) is 0.488. The summed E-state index contributed by atoms with van der Waals surface area (Å²) in [5.74, 6) is -0.422. The molecule has 1 amide bonds. The first-order chi connectivity index (χ1) is 15.2. The number of morpholine rings is 1. The van der Waals surface area contributed by atoms with Crippen molar-refractivity contribution in [1.82, 2.24) is 0 Å². The molecule has 0 saturated carbocycles. The molecule has 0 bridgehead atoms. The lowest BCUT2D eigenvalue weighted by atomic mass is 10.0. The smallest absolute Gasteiger partial charge is 0.266 e. The molecular weight excluding hydrogens is 386 g/mol. The number of anilines is 2. The second-order valence-electron chi connectivity index (χ2n) is 7.26. The third-order valence-corrected chi connectivity index (χ3v) is 5.20. The molecular formula is C26H23N3O2. The molecule has 31 heavy (non-hydrogen) atoms. The summed E-state index contributed by atoms with van der Waals surface area (Å²) >= 11 is 0. The van der Waals surface area contributed by atoms with E-state index in [0.29, 0.717) is 5.69 Å². The first kappa shape index (κ1) is 20.4. The Balaban J connectivity index is 1.43. The molecule has 1 aliphatic rings. The number of ether oxygens (including phenoxy) is 1. The highest BCUT2D eigenvalue weighted by molar-refractivity contribution is 6.09. The third kappa shape index (κ3) is 5.19. The van der Waals surface area contributed by atoms with Gasteiger partial charge in [0.25, 0.3) is 5.91 Å². The van der Waals surface area contributed by atoms with Crippen LogP contribution in [0, 0.1) is 11.3 Å². The average Bonchev–Trinajstić information content (AvgIpc) is 2.84. The van der Waals surface area contributed by atoms with Gasteiger partial charge in [0, 0.05) is 24.5 Å². The van der Waals surface area contributed by atoms with Crippen molar-refractivity contribution in [2.45, 2.75) is 0 Å². The predicted molar refractivity (Wildman–Crippen MR) is 124 cm³/mol. The normalized spacial score (nSPS) is 14.0. The van der Waals surface area contributed by atoms with Gasteiger partial charge in [-0.1, -0.05) is 54.6 Å². The second-order valence-corrected chi connectivity index (χ2v) is 7.26. The highest BCUT2D eigenvalue weighted by atomic mass is 16.5. The number of benzene rings is 3.